The first kappa shape index (κ1) is 14.0. The first-order valence-corrected chi connectivity index (χ1v) is 7.77. The molecular weight excluding hydrogens is 258 g/mol. The Kier molecular flexibility index (Phi) is 4.16. The van der Waals surface area contributed by atoms with Crippen LogP contribution in [0.3, 0.4) is 0 Å². The van der Waals surface area contributed by atoms with Gasteiger partial charge in [-0.25, -0.2) is 0 Å². The number of hydrogen-bond acceptors (Lipinski definition) is 1. The number of quaternary nitrogens is 1. The maximum atomic E-state index is 12.6. The van der Waals surface area contributed by atoms with Crippen molar-refractivity contribution in [2.45, 2.75) is 31.8 Å². The van der Waals surface area contributed by atoms with Gasteiger partial charge in [0, 0.05) is 11.1 Å². The number of carbonyl (C=O) groups is 1. The summed E-state index contributed by atoms with van der Waals surface area (Å²) in [6.07, 6.45) is 1.56. The van der Waals surface area contributed by atoms with Crippen molar-refractivity contribution in [1.82, 2.24) is 0 Å². The molecule has 108 valence electrons. The predicted molar refractivity (Wildman–Crippen MR) is 83.7 cm³/mol. The van der Waals surface area contributed by atoms with Crippen LogP contribution in [0.1, 0.15) is 43.0 Å². The summed E-state index contributed by atoms with van der Waals surface area (Å²) in [5.41, 5.74) is 2.51. The fourth-order valence-corrected chi connectivity index (χ4v) is 3.45. The third-order valence-electron chi connectivity index (χ3n) is 4.56. The van der Waals surface area contributed by atoms with E-state index in [0.717, 1.165) is 6.42 Å². The van der Waals surface area contributed by atoms with Gasteiger partial charge in [-0.15, -0.1) is 0 Å². The predicted octanol–water partition coefficient (Wildman–Crippen LogP) is 3.03. The summed E-state index contributed by atoms with van der Waals surface area (Å²) in [5, 5.41) is 2.39. The van der Waals surface area contributed by atoms with E-state index in [0.29, 0.717) is 12.2 Å². The SMILES string of the molecule is CC[C@H]1C(=O)C[C@@H](c2ccccc2)[NH2+][C@@H]1c1ccccc1. The van der Waals surface area contributed by atoms with Crippen LogP contribution in [-0.2, 0) is 4.79 Å². The van der Waals surface area contributed by atoms with E-state index >= 15 is 0 Å². The lowest BCUT2D eigenvalue weighted by Crippen LogP contribution is -2.90. The van der Waals surface area contributed by atoms with Crippen LogP contribution in [0.2, 0.25) is 0 Å². The number of piperidine rings is 1. The Bertz CT molecular complexity index is 593. The van der Waals surface area contributed by atoms with Gasteiger partial charge in [-0.1, -0.05) is 67.6 Å². The molecule has 2 aromatic carbocycles. The molecule has 1 heterocycles. The van der Waals surface area contributed by atoms with Crippen molar-refractivity contribution >= 4 is 5.78 Å². The molecule has 0 unspecified atom stereocenters. The molecule has 2 heteroatoms. The van der Waals surface area contributed by atoms with E-state index in [1.807, 2.05) is 12.1 Å². The highest BCUT2D eigenvalue weighted by molar-refractivity contribution is 5.82. The van der Waals surface area contributed by atoms with Crippen molar-refractivity contribution in [1.29, 1.82) is 0 Å². The molecule has 0 spiro atoms. The molecular formula is C19H22NO+. The van der Waals surface area contributed by atoms with E-state index in [2.05, 4.69) is 60.8 Å². The smallest absolute Gasteiger partial charge is 0.148 e. The Morgan fingerprint density at radius 2 is 1.52 bits per heavy atom. The van der Waals surface area contributed by atoms with Crippen LogP contribution in [0.4, 0.5) is 0 Å². The summed E-state index contributed by atoms with van der Waals surface area (Å²) in [7, 11) is 0. The zero-order chi connectivity index (χ0) is 14.7. The molecule has 0 aliphatic carbocycles. The molecule has 3 atom stereocenters. The Balaban J connectivity index is 1.91. The Labute approximate surface area is 126 Å². The highest BCUT2D eigenvalue weighted by Crippen LogP contribution is 2.30. The number of nitrogens with two attached hydrogens (primary N) is 1. The Morgan fingerprint density at radius 3 is 2.10 bits per heavy atom. The number of hydrogen-bond donors (Lipinski definition) is 1. The van der Waals surface area contributed by atoms with E-state index < -0.39 is 0 Å². The number of ketones is 1. The van der Waals surface area contributed by atoms with Crippen LogP contribution in [-0.4, -0.2) is 5.78 Å². The Morgan fingerprint density at radius 1 is 0.952 bits per heavy atom. The summed E-state index contributed by atoms with van der Waals surface area (Å²) in [4.78, 5) is 12.6. The van der Waals surface area contributed by atoms with Gasteiger partial charge in [0.15, 0.2) is 0 Å². The van der Waals surface area contributed by atoms with Crippen LogP contribution in [0.15, 0.2) is 60.7 Å². The lowest BCUT2D eigenvalue weighted by molar-refractivity contribution is -0.743. The van der Waals surface area contributed by atoms with Crippen molar-refractivity contribution in [2.24, 2.45) is 5.92 Å². The van der Waals surface area contributed by atoms with Gasteiger partial charge in [0.05, 0.1) is 12.3 Å². The molecule has 0 amide bonds. The van der Waals surface area contributed by atoms with Crippen LogP contribution >= 0.6 is 0 Å². The van der Waals surface area contributed by atoms with Crippen LogP contribution in [0.25, 0.3) is 0 Å². The van der Waals surface area contributed by atoms with E-state index in [-0.39, 0.29) is 18.0 Å². The maximum Gasteiger partial charge on any atom is 0.148 e. The molecule has 0 radical (unpaired) electrons. The second-order valence-corrected chi connectivity index (χ2v) is 5.83. The van der Waals surface area contributed by atoms with Gasteiger partial charge in [0.2, 0.25) is 0 Å². The largest absolute Gasteiger partial charge is 0.333 e. The average molecular weight is 280 g/mol. The summed E-state index contributed by atoms with van der Waals surface area (Å²) >= 11 is 0. The third kappa shape index (κ3) is 2.91. The minimum atomic E-state index is 0.132. The lowest BCUT2D eigenvalue weighted by atomic mass is 9.79. The zero-order valence-electron chi connectivity index (χ0n) is 12.4. The van der Waals surface area contributed by atoms with Gasteiger partial charge in [-0.2, -0.15) is 0 Å². The molecule has 1 saturated heterocycles. The number of carbonyl (C=O) groups excluding carboxylic acids is 1. The van der Waals surface area contributed by atoms with Crippen LogP contribution in [0, 0.1) is 5.92 Å². The van der Waals surface area contributed by atoms with Crippen molar-refractivity contribution in [3.05, 3.63) is 71.8 Å². The van der Waals surface area contributed by atoms with Gasteiger partial charge in [0.25, 0.3) is 0 Å². The molecule has 0 bridgehead atoms. The Hall–Kier alpha value is -1.93. The first-order valence-electron chi connectivity index (χ1n) is 7.77. The third-order valence-corrected chi connectivity index (χ3v) is 4.56. The van der Waals surface area contributed by atoms with Crippen molar-refractivity contribution < 1.29 is 10.1 Å². The average Bonchev–Trinajstić information content (AvgIpc) is 2.55. The molecule has 0 aromatic heterocycles. The molecule has 1 aliphatic rings. The van der Waals surface area contributed by atoms with Gasteiger partial charge in [-0.05, 0) is 6.42 Å². The van der Waals surface area contributed by atoms with Gasteiger partial charge < -0.3 is 5.32 Å². The lowest BCUT2D eigenvalue weighted by Gasteiger charge is -2.33. The second kappa shape index (κ2) is 6.23. The highest BCUT2D eigenvalue weighted by atomic mass is 16.1. The monoisotopic (exact) mass is 280 g/mol. The molecule has 21 heavy (non-hydrogen) atoms. The standard InChI is InChI=1S/C19H21NO/c1-2-16-18(21)13-17(14-9-5-3-6-10-14)20-19(16)15-11-7-4-8-12-15/h3-12,16-17,19-20H,2,13H2,1H3/p+1/t16-,17-,19+/m0/s1. The summed E-state index contributed by atoms with van der Waals surface area (Å²) in [6, 6.07) is 21.3. The minimum absolute atomic E-state index is 0.132. The zero-order valence-corrected chi connectivity index (χ0v) is 12.4. The fraction of sp³-hybridized carbons (Fsp3) is 0.316. The van der Waals surface area contributed by atoms with Crippen LogP contribution < -0.4 is 5.32 Å². The summed E-state index contributed by atoms with van der Waals surface area (Å²) in [6.45, 7) is 2.12. The molecule has 1 fully saturated rings. The van der Waals surface area contributed by atoms with E-state index in [9.17, 15) is 4.79 Å². The van der Waals surface area contributed by atoms with E-state index in [1.54, 1.807) is 0 Å². The summed E-state index contributed by atoms with van der Waals surface area (Å²) in [5.74, 6) is 0.537. The van der Waals surface area contributed by atoms with E-state index in [4.69, 9.17) is 0 Å². The molecule has 1 aliphatic heterocycles. The van der Waals surface area contributed by atoms with Crippen molar-refractivity contribution in [3.8, 4) is 0 Å². The van der Waals surface area contributed by atoms with Gasteiger partial charge >= 0.3 is 0 Å². The highest BCUT2D eigenvalue weighted by Gasteiger charge is 2.39. The fourth-order valence-electron chi connectivity index (χ4n) is 3.45. The number of rotatable bonds is 3. The quantitative estimate of drug-likeness (QED) is 0.921. The molecule has 0 saturated carbocycles. The number of benzene rings is 2. The van der Waals surface area contributed by atoms with E-state index in [1.165, 1.54) is 11.1 Å². The van der Waals surface area contributed by atoms with Crippen molar-refractivity contribution in [3.63, 3.8) is 0 Å². The topological polar surface area (TPSA) is 33.7 Å². The summed E-state index contributed by atoms with van der Waals surface area (Å²) < 4.78 is 0. The number of Topliss-reactive ketones (excluding diaryl/α,β-unsaturated/α-hetero) is 1. The van der Waals surface area contributed by atoms with Crippen LogP contribution in [0.5, 0.6) is 0 Å². The molecule has 2 aromatic rings. The van der Waals surface area contributed by atoms with Gasteiger partial charge in [-0.3, -0.25) is 4.79 Å². The maximum absolute atomic E-state index is 12.6. The normalized spacial score (nSPS) is 25.8. The molecule has 2 N–H and O–H groups in total. The first-order chi connectivity index (χ1) is 10.3. The minimum Gasteiger partial charge on any atom is -0.333 e. The molecule has 3 rings (SSSR count). The molecule has 2 nitrogen and oxygen atoms in total. The van der Waals surface area contributed by atoms with Crippen molar-refractivity contribution in [2.75, 3.05) is 0 Å². The second-order valence-electron chi connectivity index (χ2n) is 5.83. The van der Waals surface area contributed by atoms with Gasteiger partial charge in [0.1, 0.15) is 17.9 Å².